The van der Waals surface area contributed by atoms with Gasteiger partial charge in [0.15, 0.2) is 6.10 Å². The maximum absolute atomic E-state index is 12.8. The lowest BCUT2D eigenvalue weighted by atomic mass is 9.85. The monoisotopic (exact) mass is 427 g/mol. The number of fused-ring (bicyclic) bond motifs is 5. The lowest BCUT2D eigenvalue weighted by Gasteiger charge is -2.15. The summed E-state index contributed by atoms with van der Waals surface area (Å²) in [7, 11) is 0. The van der Waals surface area contributed by atoms with E-state index in [1.165, 1.54) is 31.3 Å². The molecule has 10 heteroatoms. The normalized spacial score (nSPS) is 27.1. The van der Waals surface area contributed by atoms with E-state index in [4.69, 9.17) is 9.47 Å². The number of allylic oxidation sites excluding steroid dienone is 2. The maximum Gasteiger partial charge on any atom is 0.347 e. The van der Waals surface area contributed by atoms with Crippen molar-refractivity contribution < 1.29 is 28.8 Å². The fraction of sp³-hybridized carbons (Fsp3) is 0.429. The van der Waals surface area contributed by atoms with E-state index >= 15 is 0 Å². The molecule has 4 rings (SSSR count). The predicted octanol–water partition coefficient (Wildman–Crippen LogP) is 2.07. The molecule has 2 bridgehead atoms. The number of carbonyl (C=O) groups is 3. The Morgan fingerprint density at radius 1 is 1.29 bits per heavy atom. The van der Waals surface area contributed by atoms with E-state index < -0.39 is 28.8 Å². The largest absolute Gasteiger partial charge is 0.478 e. The Hall–Kier alpha value is -3.56. The zero-order chi connectivity index (χ0) is 22.3. The molecule has 1 aromatic rings. The van der Waals surface area contributed by atoms with Crippen LogP contribution in [0.4, 0.5) is 5.69 Å². The second-order valence-electron chi connectivity index (χ2n) is 7.72. The Labute approximate surface area is 177 Å². The van der Waals surface area contributed by atoms with Gasteiger partial charge in [0.2, 0.25) is 0 Å². The number of hydrogen-bond acceptors (Lipinski definition) is 8. The molecule has 0 N–H and O–H groups in total. The molecule has 162 valence electrons. The third-order valence-electron chi connectivity index (χ3n) is 5.89. The number of hydrazone groups is 1. The summed E-state index contributed by atoms with van der Waals surface area (Å²) < 4.78 is 10.5. The minimum absolute atomic E-state index is 0.0498. The summed E-state index contributed by atoms with van der Waals surface area (Å²) in [4.78, 5) is 48.0. The molecule has 2 amide bonds. The van der Waals surface area contributed by atoms with Crippen molar-refractivity contribution in [1.82, 2.24) is 5.01 Å². The Morgan fingerprint density at radius 2 is 1.94 bits per heavy atom. The zero-order valence-corrected chi connectivity index (χ0v) is 17.0. The highest BCUT2D eigenvalue weighted by atomic mass is 16.6. The molecule has 2 fully saturated rings. The van der Waals surface area contributed by atoms with E-state index in [9.17, 15) is 24.5 Å². The van der Waals surface area contributed by atoms with Gasteiger partial charge in [-0.15, -0.1) is 0 Å². The van der Waals surface area contributed by atoms with E-state index in [-0.39, 0.29) is 47.3 Å². The molecule has 31 heavy (non-hydrogen) atoms. The number of nitrogens with zero attached hydrogens (tertiary/aromatic N) is 3. The molecule has 1 heterocycles. The number of amides is 2. The van der Waals surface area contributed by atoms with Crippen LogP contribution in [0.5, 0.6) is 5.75 Å². The van der Waals surface area contributed by atoms with Crippen LogP contribution in [-0.2, 0) is 19.1 Å². The molecule has 1 aromatic carbocycles. The summed E-state index contributed by atoms with van der Waals surface area (Å²) in [6.07, 6.45) is 4.97. The van der Waals surface area contributed by atoms with Crippen LogP contribution >= 0.6 is 0 Å². The second kappa shape index (κ2) is 7.93. The summed E-state index contributed by atoms with van der Waals surface area (Å²) in [5, 5.41) is 16.1. The van der Waals surface area contributed by atoms with Crippen LogP contribution in [-0.4, -0.2) is 46.6 Å². The van der Waals surface area contributed by atoms with Crippen molar-refractivity contribution in [2.24, 2.45) is 28.8 Å². The van der Waals surface area contributed by atoms with Gasteiger partial charge in [0, 0.05) is 17.7 Å². The Bertz CT molecular complexity index is 988. The van der Waals surface area contributed by atoms with Gasteiger partial charge in [-0.2, -0.15) is 10.1 Å². The molecule has 5 atom stereocenters. The Morgan fingerprint density at radius 3 is 2.52 bits per heavy atom. The summed E-state index contributed by atoms with van der Waals surface area (Å²) in [5.74, 6) is -1.89. The highest BCUT2D eigenvalue weighted by molar-refractivity contribution is 6.07. The van der Waals surface area contributed by atoms with Crippen LogP contribution in [0.15, 0.2) is 35.5 Å². The summed E-state index contributed by atoms with van der Waals surface area (Å²) in [6.45, 7) is 3.33. The van der Waals surface area contributed by atoms with Gasteiger partial charge >= 0.3 is 5.97 Å². The van der Waals surface area contributed by atoms with E-state index in [2.05, 4.69) is 5.10 Å². The van der Waals surface area contributed by atoms with Crippen LogP contribution in [0, 0.1) is 33.8 Å². The van der Waals surface area contributed by atoms with Gasteiger partial charge in [0.25, 0.3) is 17.5 Å². The van der Waals surface area contributed by atoms with Crippen molar-refractivity contribution >= 4 is 29.7 Å². The smallest absolute Gasteiger partial charge is 0.347 e. The molecular weight excluding hydrogens is 406 g/mol. The van der Waals surface area contributed by atoms with Crippen LogP contribution in [0.25, 0.3) is 0 Å². The van der Waals surface area contributed by atoms with Crippen LogP contribution in [0.2, 0.25) is 0 Å². The van der Waals surface area contributed by atoms with Crippen LogP contribution in [0.3, 0.4) is 0 Å². The van der Waals surface area contributed by atoms with Gasteiger partial charge in [0.1, 0.15) is 5.75 Å². The first-order valence-corrected chi connectivity index (χ1v) is 10.0. The van der Waals surface area contributed by atoms with E-state index in [1.54, 1.807) is 6.92 Å². The molecule has 1 saturated carbocycles. The van der Waals surface area contributed by atoms with Gasteiger partial charge in [-0.25, -0.2) is 4.79 Å². The predicted molar refractivity (Wildman–Crippen MR) is 107 cm³/mol. The number of esters is 1. The van der Waals surface area contributed by atoms with Crippen molar-refractivity contribution in [3.05, 3.63) is 46.0 Å². The first-order chi connectivity index (χ1) is 14.8. The molecule has 0 aromatic heterocycles. The summed E-state index contributed by atoms with van der Waals surface area (Å²) in [6, 6.07) is 3.76. The number of hydrogen-bond donors (Lipinski definition) is 0. The van der Waals surface area contributed by atoms with Crippen LogP contribution in [0.1, 0.15) is 25.8 Å². The van der Waals surface area contributed by atoms with E-state index in [0.717, 1.165) is 11.4 Å². The molecule has 3 aliphatic rings. The summed E-state index contributed by atoms with van der Waals surface area (Å²) in [5.41, 5.74) is -0.0696. The van der Waals surface area contributed by atoms with Crippen molar-refractivity contribution in [2.45, 2.75) is 26.4 Å². The molecule has 1 aliphatic heterocycles. The number of imide groups is 1. The fourth-order valence-corrected chi connectivity index (χ4v) is 4.48. The first-order valence-electron chi connectivity index (χ1n) is 10.0. The fourth-order valence-electron chi connectivity index (χ4n) is 4.48. The molecule has 2 aliphatic carbocycles. The molecule has 1 saturated heterocycles. The van der Waals surface area contributed by atoms with Gasteiger partial charge in [-0.1, -0.05) is 12.2 Å². The maximum atomic E-state index is 12.8. The highest BCUT2D eigenvalue weighted by Crippen LogP contribution is 2.52. The molecule has 0 radical (unpaired) electrons. The van der Waals surface area contributed by atoms with Gasteiger partial charge in [-0.3, -0.25) is 19.7 Å². The number of rotatable bonds is 7. The zero-order valence-electron chi connectivity index (χ0n) is 17.0. The minimum Gasteiger partial charge on any atom is -0.478 e. The average molecular weight is 427 g/mol. The van der Waals surface area contributed by atoms with Crippen molar-refractivity contribution in [3.8, 4) is 5.75 Å². The lowest BCUT2D eigenvalue weighted by Crippen LogP contribution is -2.28. The SMILES string of the molecule is CCOC(=O)[C@H](C)Oc1ccc([N+](=O)[O-])cc1C=NN1C(=O)[C@@H]2[C@H](C1=O)[C@H]1C=C[C@H]2C1. The van der Waals surface area contributed by atoms with E-state index in [0.29, 0.717) is 0 Å². The van der Waals surface area contributed by atoms with Crippen molar-refractivity contribution in [1.29, 1.82) is 0 Å². The van der Waals surface area contributed by atoms with Crippen LogP contribution < -0.4 is 4.74 Å². The van der Waals surface area contributed by atoms with Gasteiger partial charge in [0.05, 0.1) is 29.6 Å². The lowest BCUT2D eigenvalue weighted by molar-refractivity contribution is -0.384. The number of ether oxygens (including phenoxy) is 2. The topological polar surface area (TPSA) is 128 Å². The number of nitro groups is 1. The standard InChI is InChI=1S/C21H21N3O7/c1-3-30-21(27)11(2)31-16-7-6-15(24(28)29)9-14(16)10-22-23-19(25)17-12-4-5-13(8-12)18(17)20(23)26/h4-7,9-13,17-18H,3,8H2,1-2H3/t11-,12-,13-,17-,18+/m0/s1. The Balaban J connectivity index is 1.59. The molecular formula is C21H21N3O7. The summed E-state index contributed by atoms with van der Waals surface area (Å²) >= 11 is 0. The second-order valence-corrected chi connectivity index (χ2v) is 7.72. The third kappa shape index (κ3) is 3.58. The van der Waals surface area contributed by atoms with E-state index in [1.807, 2.05) is 12.2 Å². The molecule has 10 nitrogen and oxygen atoms in total. The number of non-ortho nitro benzene ring substituents is 1. The Kier molecular flexibility index (Phi) is 5.30. The van der Waals surface area contributed by atoms with Gasteiger partial charge < -0.3 is 9.47 Å². The quantitative estimate of drug-likeness (QED) is 0.163. The third-order valence-corrected chi connectivity index (χ3v) is 5.89. The number of benzene rings is 1. The van der Waals surface area contributed by atoms with Crippen molar-refractivity contribution in [3.63, 3.8) is 0 Å². The number of nitro benzene ring substituents is 1. The first kappa shape index (κ1) is 20.7. The van der Waals surface area contributed by atoms with Crippen molar-refractivity contribution in [2.75, 3.05) is 6.61 Å². The number of carbonyl (C=O) groups excluding carboxylic acids is 3. The molecule has 0 unspecified atom stereocenters. The average Bonchev–Trinajstić information content (AvgIpc) is 3.41. The highest BCUT2D eigenvalue weighted by Gasteiger charge is 2.59. The minimum atomic E-state index is -0.968. The van der Waals surface area contributed by atoms with Gasteiger partial charge in [-0.05, 0) is 38.2 Å². The molecule has 0 spiro atoms.